The van der Waals surface area contributed by atoms with Crippen LogP contribution in [-0.4, -0.2) is 35.4 Å². The number of rotatable bonds is 6. The van der Waals surface area contributed by atoms with Crippen LogP contribution < -0.4 is 5.32 Å². The van der Waals surface area contributed by atoms with Crippen molar-refractivity contribution in [3.63, 3.8) is 0 Å². The number of hydrogen-bond donors (Lipinski definition) is 1. The van der Waals surface area contributed by atoms with Crippen LogP contribution in [0, 0.1) is 0 Å². The number of amides is 1. The molecule has 24 heavy (non-hydrogen) atoms. The Bertz CT molecular complexity index is 797. The number of para-hydroxylation sites is 1. The zero-order chi connectivity index (χ0) is 16.9. The van der Waals surface area contributed by atoms with Gasteiger partial charge in [0.2, 0.25) is 0 Å². The zero-order valence-electron chi connectivity index (χ0n) is 13.6. The highest BCUT2D eigenvalue weighted by Crippen LogP contribution is 2.25. The van der Waals surface area contributed by atoms with Crippen molar-refractivity contribution in [2.24, 2.45) is 0 Å². The summed E-state index contributed by atoms with van der Waals surface area (Å²) in [6.45, 7) is 2.37. The average molecular weight is 341 g/mol. The first kappa shape index (κ1) is 16.4. The minimum atomic E-state index is -0.168. The van der Waals surface area contributed by atoms with Gasteiger partial charge in [-0.2, -0.15) is 5.10 Å². The standard InChI is InChI=1S/C18H19N3O2S/c1-13(12-23-2)19-18(22)16-11-15(17-9-6-10-24-17)20-21(16)14-7-4-3-5-8-14/h3-11,13H,12H2,1-2H3,(H,19,22)/t13-/m1/s1. The normalized spacial score (nSPS) is 12.1. The van der Waals surface area contributed by atoms with Crippen LogP contribution in [0.5, 0.6) is 0 Å². The molecule has 0 bridgehead atoms. The maximum absolute atomic E-state index is 12.7. The predicted molar refractivity (Wildman–Crippen MR) is 95.7 cm³/mol. The fraction of sp³-hybridized carbons (Fsp3) is 0.222. The van der Waals surface area contributed by atoms with E-state index in [-0.39, 0.29) is 11.9 Å². The smallest absolute Gasteiger partial charge is 0.270 e. The van der Waals surface area contributed by atoms with Gasteiger partial charge in [-0.25, -0.2) is 4.68 Å². The molecule has 0 saturated heterocycles. The first-order chi connectivity index (χ1) is 11.7. The van der Waals surface area contributed by atoms with Gasteiger partial charge in [0.1, 0.15) is 11.4 Å². The molecule has 6 heteroatoms. The van der Waals surface area contributed by atoms with E-state index in [1.807, 2.05) is 60.8 Å². The molecule has 0 aliphatic heterocycles. The van der Waals surface area contributed by atoms with Crippen LogP contribution in [0.25, 0.3) is 16.3 Å². The SMILES string of the molecule is COC[C@@H](C)NC(=O)c1cc(-c2cccs2)nn1-c1ccccc1. The molecule has 124 valence electrons. The molecule has 0 unspecified atom stereocenters. The molecule has 0 aliphatic rings. The summed E-state index contributed by atoms with van der Waals surface area (Å²) in [5.74, 6) is -0.168. The van der Waals surface area contributed by atoms with Gasteiger partial charge in [0, 0.05) is 13.2 Å². The van der Waals surface area contributed by atoms with E-state index in [9.17, 15) is 4.79 Å². The first-order valence-corrected chi connectivity index (χ1v) is 8.56. The third-order valence-electron chi connectivity index (χ3n) is 3.51. The molecule has 0 aliphatic carbocycles. The van der Waals surface area contributed by atoms with E-state index in [1.165, 1.54) is 0 Å². The van der Waals surface area contributed by atoms with Crippen LogP contribution in [0.1, 0.15) is 17.4 Å². The highest BCUT2D eigenvalue weighted by molar-refractivity contribution is 7.13. The average Bonchev–Trinajstić information content (AvgIpc) is 3.25. The lowest BCUT2D eigenvalue weighted by Crippen LogP contribution is -2.36. The Balaban J connectivity index is 1.98. The van der Waals surface area contributed by atoms with Crippen molar-refractivity contribution in [3.05, 3.63) is 59.6 Å². The molecule has 0 saturated carbocycles. The second-order valence-electron chi connectivity index (χ2n) is 5.47. The van der Waals surface area contributed by atoms with Crippen LogP contribution in [-0.2, 0) is 4.74 Å². The summed E-state index contributed by atoms with van der Waals surface area (Å²) < 4.78 is 6.77. The fourth-order valence-electron chi connectivity index (χ4n) is 2.44. The summed E-state index contributed by atoms with van der Waals surface area (Å²) in [4.78, 5) is 13.7. The highest BCUT2D eigenvalue weighted by atomic mass is 32.1. The van der Waals surface area contributed by atoms with Gasteiger partial charge in [0.05, 0.1) is 17.2 Å². The van der Waals surface area contributed by atoms with E-state index in [4.69, 9.17) is 4.74 Å². The second kappa shape index (κ2) is 7.42. The molecular weight excluding hydrogens is 322 g/mol. The lowest BCUT2D eigenvalue weighted by Gasteiger charge is -2.13. The number of benzene rings is 1. The molecule has 2 aromatic heterocycles. The van der Waals surface area contributed by atoms with Crippen molar-refractivity contribution in [3.8, 4) is 16.3 Å². The minimum Gasteiger partial charge on any atom is -0.383 e. The van der Waals surface area contributed by atoms with Gasteiger partial charge in [-0.15, -0.1) is 11.3 Å². The van der Waals surface area contributed by atoms with Gasteiger partial charge in [0.15, 0.2) is 0 Å². The summed E-state index contributed by atoms with van der Waals surface area (Å²) in [6, 6.07) is 15.4. The van der Waals surface area contributed by atoms with E-state index >= 15 is 0 Å². The third-order valence-corrected chi connectivity index (χ3v) is 4.40. The molecule has 0 radical (unpaired) electrons. The molecule has 1 aromatic carbocycles. The molecule has 2 heterocycles. The molecule has 0 spiro atoms. The Morgan fingerprint density at radius 1 is 1.29 bits per heavy atom. The zero-order valence-corrected chi connectivity index (χ0v) is 14.4. The number of carbonyl (C=O) groups excluding carboxylic acids is 1. The van der Waals surface area contributed by atoms with Crippen LogP contribution in [0.3, 0.4) is 0 Å². The number of thiophene rings is 1. The first-order valence-electron chi connectivity index (χ1n) is 7.68. The summed E-state index contributed by atoms with van der Waals surface area (Å²) in [5, 5.41) is 9.57. The van der Waals surface area contributed by atoms with Crippen molar-refractivity contribution in [1.82, 2.24) is 15.1 Å². The Kier molecular flexibility index (Phi) is 5.08. The van der Waals surface area contributed by atoms with Crippen LogP contribution in [0.15, 0.2) is 53.9 Å². The van der Waals surface area contributed by atoms with E-state index < -0.39 is 0 Å². The topological polar surface area (TPSA) is 56.1 Å². The third kappa shape index (κ3) is 3.55. The molecule has 1 N–H and O–H groups in total. The van der Waals surface area contributed by atoms with Crippen LogP contribution in [0.2, 0.25) is 0 Å². The molecule has 5 nitrogen and oxygen atoms in total. The quantitative estimate of drug-likeness (QED) is 0.748. The van der Waals surface area contributed by atoms with E-state index in [1.54, 1.807) is 23.1 Å². The predicted octanol–water partition coefficient (Wildman–Crippen LogP) is 3.37. The van der Waals surface area contributed by atoms with E-state index in [2.05, 4.69) is 10.4 Å². The van der Waals surface area contributed by atoms with Crippen molar-refractivity contribution < 1.29 is 9.53 Å². The van der Waals surface area contributed by atoms with Gasteiger partial charge >= 0.3 is 0 Å². The van der Waals surface area contributed by atoms with Gasteiger partial charge < -0.3 is 10.1 Å². The maximum Gasteiger partial charge on any atom is 0.270 e. The molecular formula is C18H19N3O2S. The molecule has 3 rings (SSSR count). The number of aromatic nitrogens is 2. The summed E-state index contributed by atoms with van der Waals surface area (Å²) in [5.41, 5.74) is 2.15. The van der Waals surface area contributed by atoms with E-state index in [0.29, 0.717) is 12.3 Å². The lowest BCUT2D eigenvalue weighted by molar-refractivity contribution is 0.0898. The van der Waals surface area contributed by atoms with Gasteiger partial charge in [-0.1, -0.05) is 24.3 Å². The Morgan fingerprint density at radius 3 is 2.75 bits per heavy atom. The fourth-order valence-corrected chi connectivity index (χ4v) is 3.12. The maximum atomic E-state index is 12.7. The van der Waals surface area contributed by atoms with Crippen molar-refractivity contribution in [2.75, 3.05) is 13.7 Å². The van der Waals surface area contributed by atoms with Crippen LogP contribution in [0.4, 0.5) is 0 Å². The number of nitrogens with zero attached hydrogens (tertiary/aromatic N) is 2. The Labute approximate surface area is 144 Å². The van der Waals surface area contributed by atoms with Crippen molar-refractivity contribution in [1.29, 1.82) is 0 Å². The number of methoxy groups -OCH3 is 1. The minimum absolute atomic E-state index is 0.0770. The number of ether oxygens (including phenoxy) is 1. The Morgan fingerprint density at radius 2 is 2.08 bits per heavy atom. The van der Waals surface area contributed by atoms with Crippen molar-refractivity contribution in [2.45, 2.75) is 13.0 Å². The summed E-state index contributed by atoms with van der Waals surface area (Å²) in [7, 11) is 1.62. The number of hydrogen-bond acceptors (Lipinski definition) is 4. The molecule has 0 fully saturated rings. The van der Waals surface area contributed by atoms with Gasteiger partial charge in [-0.3, -0.25) is 4.79 Å². The molecule has 1 amide bonds. The van der Waals surface area contributed by atoms with Crippen molar-refractivity contribution >= 4 is 17.2 Å². The number of nitrogens with one attached hydrogen (secondary N) is 1. The largest absolute Gasteiger partial charge is 0.383 e. The Hall–Kier alpha value is -2.44. The molecule has 1 atom stereocenters. The van der Waals surface area contributed by atoms with Crippen LogP contribution >= 0.6 is 11.3 Å². The lowest BCUT2D eigenvalue weighted by atomic mass is 10.2. The molecule has 3 aromatic rings. The van der Waals surface area contributed by atoms with Gasteiger partial charge in [0.25, 0.3) is 5.91 Å². The summed E-state index contributed by atoms with van der Waals surface area (Å²) in [6.07, 6.45) is 0. The summed E-state index contributed by atoms with van der Waals surface area (Å²) >= 11 is 1.60. The monoisotopic (exact) mass is 341 g/mol. The van der Waals surface area contributed by atoms with Gasteiger partial charge in [-0.05, 0) is 36.6 Å². The highest BCUT2D eigenvalue weighted by Gasteiger charge is 2.19. The second-order valence-corrected chi connectivity index (χ2v) is 6.42. The van der Waals surface area contributed by atoms with E-state index in [0.717, 1.165) is 16.3 Å². The number of carbonyl (C=O) groups is 1.